The fourth-order valence-corrected chi connectivity index (χ4v) is 7.08. The van der Waals surface area contributed by atoms with Crippen molar-refractivity contribution in [3.05, 3.63) is 0 Å². The van der Waals surface area contributed by atoms with Gasteiger partial charge in [-0.15, -0.1) is 0 Å². The van der Waals surface area contributed by atoms with E-state index in [9.17, 15) is 0 Å². The van der Waals surface area contributed by atoms with Crippen LogP contribution in [0.4, 0.5) is 0 Å². The topological polar surface area (TPSA) is 0 Å². The van der Waals surface area contributed by atoms with Gasteiger partial charge >= 0.3 is 77.0 Å². The zero-order valence-corrected chi connectivity index (χ0v) is 9.68. The van der Waals surface area contributed by atoms with Gasteiger partial charge in [0, 0.05) is 0 Å². The second-order valence-corrected chi connectivity index (χ2v) is 8.99. The predicted molar refractivity (Wildman–Crippen MR) is 52.2 cm³/mol. The Labute approximate surface area is 76.6 Å². The monoisotopic (exact) mass is 265 g/mol. The van der Waals surface area contributed by atoms with Crippen LogP contribution in [0.3, 0.4) is 0 Å². The van der Waals surface area contributed by atoms with E-state index in [0.717, 1.165) is 11.5 Å². The van der Waals surface area contributed by atoms with Crippen LogP contribution in [0.5, 0.6) is 0 Å². The molecule has 4 heteroatoms. The van der Waals surface area contributed by atoms with Crippen LogP contribution in [0.1, 0.15) is 0 Å². The molecular weight excluding hydrogens is 254 g/mol. The Morgan fingerprint density at radius 2 is 1.67 bits per heavy atom. The first-order chi connectivity index (χ1) is 4.35. The van der Waals surface area contributed by atoms with E-state index in [0.29, 0.717) is 8.26 Å². The molecule has 0 amide bonds. The molecule has 0 aliphatic heterocycles. The normalized spacial score (nSPS) is 9.67. The molecule has 9 heavy (non-hydrogen) atoms. The van der Waals surface area contributed by atoms with Crippen molar-refractivity contribution >= 4 is 38.6 Å². The molecule has 0 bridgehead atoms. The minimum absolute atomic E-state index is 0.209. The molecule has 0 unspecified atom stereocenters. The summed E-state index contributed by atoms with van der Waals surface area (Å²) in [5.41, 5.74) is 0. The molecule has 0 saturated heterocycles. The van der Waals surface area contributed by atoms with E-state index in [4.69, 9.17) is 0 Å². The Kier molecular flexibility index (Phi) is 9.01. The Balaban J connectivity index is 3.57. The van der Waals surface area contributed by atoms with Gasteiger partial charge in [0.15, 0.2) is 0 Å². The first-order valence-corrected chi connectivity index (χ1v) is 8.95. The second-order valence-electron chi connectivity index (χ2n) is 1.39. The van der Waals surface area contributed by atoms with Gasteiger partial charge in [-0.1, -0.05) is 0 Å². The molecule has 0 aliphatic rings. The molecule has 0 spiro atoms. The maximum absolute atomic E-state index is 4.18. The van der Waals surface area contributed by atoms with Crippen LogP contribution in [-0.2, 0) is 15.5 Å². The molecule has 0 heterocycles. The molecule has 0 rings (SSSR count). The number of hydrogen-bond donors (Lipinski definition) is 2. The summed E-state index contributed by atoms with van der Waals surface area (Å²) in [4.78, 5) is 0. The van der Waals surface area contributed by atoms with Gasteiger partial charge < -0.3 is 0 Å². The van der Waals surface area contributed by atoms with Crippen molar-refractivity contribution in [3.8, 4) is 0 Å². The molecule has 0 atom stereocenters. The molecule has 0 aliphatic carbocycles. The van der Waals surface area contributed by atoms with Crippen LogP contribution >= 0.6 is 33.5 Å². The summed E-state index contributed by atoms with van der Waals surface area (Å²) in [5, 5.41) is 3.98. The van der Waals surface area contributed by atoms with E-state index >= 15 is 0 Å². The zero-order valence-electron chi connectivity index (χ0n) is 5.22. The molecule has 0 N–H and O–H groups in total. The molecule has 0 aromatic carbocycles. The molecule has 0 aromatic heterocycles. The van der Waals surface area contributed by atoms with Crippen LogP contribution in [0, 0.1) is 0 Å². The summed E-state index contributed by atoms with van der Waals surface area (Å²) in [6, 6.07) is 0. The predicted octanol–water partition coefficient (Wildman–Crippen LogP) is 1.54. The van der Waals surface area contributed by atoms with Gasteiger partial charge in [0.25, 0.3) is 0 Å². The van der Waals surface area contributed by atoms with Crippen molar-refractivity contribution in [1.29, 1.82) is 0 Å². The number of hydrogen-bond acceptors (Lipinski definition) is 2. The zero-order chi connectivity index (χ0) is 7.11. The molecule has 54 valence electrons. The summed E-state index contributed by atoms with van der Waals surface area (Å²) in [6.07, 6.45) is 0. The van der Waals surface area contributed by atoms with E-state index in [1.165, 1.54) is 11.5 Å². The molecule has 0 nitrogen and oxygen atoms in total. The fraction of sp³-hybridized carbons (Fsp3) is 0.800. The third-order valence-corrected chi connectivity index (χ3v) is 7.99. The summed E-state index contributed by atoms with van der Waals surface area (Å²) < 4.78 is 0. The fourth-order valence-electron chi connectivity index (χ4n) is 0.409. The molecule has 0 radical (unpaired) electrons. The van der Waals surface area contributed by atoms with Gasteiger partial charge in [0.1, 0.15) is 0 Å². The van der Waals surface area contributed by atoms with Crippen molar-refractivity contribution in [2.75, 3.05) is 23.0 Å². The van der Waals surface area contributed by atoms with Gasteiger partial charge in [0.05, 0.1) is 0 Å². The van der Waals surface area contributed by atoms with Crippen molar-refractivity contribution < 1.29 is 15.5 Å². The Hall–Kier alpha value is 1.57. The first-order valence-electron chi connectivity index (χ1n) is 2.63. The average molecular weight is 266 g/mol. The van der Waals surface area contributed by atoms with Crippen molar-refractivity contribution in [2.45, 2.75) is 0 Å². The van der Waals surface area contributed by atoms with Crippen molar-refractivity contribution in [1.82, 2.24) is 0 Å². The van der Waals surface area contributed by atoms with Crippen LogP contribution in [-0.4, -0.2) is 28.0 Å². The summed E-state index contributed by atoms with van der Waals surface area (Å²) in [7, 11) is 0.615. The molecule has 0 aromatic rings. The van der Waals surface area contributed by atoms with Crippen LogP contribution < -0.4 is 0 Å². The van der Waals surface area contributed by atoms with E-state index in [1.54, 1.807) is 0 Å². The summed E-state index contributed by atoms with van der Waals surface area (Å²) in [6.45, 7) is 0. The molecule has 0 fully saturated rings. The number of thiol groups is 2. The summed E-state index contributed by atoms with van der Waals surface area (Å²) in [5.74, 6) is 4.57. The average Bonchev–Trinajstić information content (AvgIpc) is 1.88. The van der Waals surface area contributed by atoms with Crippen molar-refractivity contribution in [3.63, 3.8) is 0 Å². The quantitative estimate of drug-likeness (QED) is 0.709. The van der Waals surface area contributed by atoms with Gasteiger partial charge in [-0.3, -0.25) is 0 Å². The Bertz CT molecular complexity index is 109. The second kappa shape index (κ2) is 7.67. The standard InChI is InChI=1S/C4H10S3.CH2.Tc/c5-1-3-7-4-2-6;;/h5-6H,1-4H2;1H2;/q;;+3. The minimum atomic E-state index is 0.209. The molecule has 0 saturated carbocycles. The SMILES string of the molecule is [CH2]=[Tc+3]=[S](CCS)CCS. The van der Waals surface area contributed by atoms with Crippen LogP contribution in [0.15, 0.2) is 0 Å². The number of rotatable bonds is 4. The van der Waals surface area contributed by atoms with Gasteiger partial charge in [-0.25, -0.2) is 0 Å². The van der Waals surface area contributed by atoms with Gasteiger partial charge in [0.2, 0.25) is 0 Å². The summed E-state index contributed by atoms with van der Waals surface area (Å²) >= 11 is 8.57. The van der Waals surface area contributed by atoms with Crippen LogP contribution in [0.2, 0.25) is 0 Å². The first kappa shape index (κ1) is 10.6. The van der Waals surface area contributed by atoms with E-state index in [-0.39, 0.29) is 15.5 Å². The van der Waals surface area contributed by atoms with E-state index in [2.05, 4.69) is 30.3 Å². The third-order valence-electron chi connectivity index (χ3n) is 0.780. The Morgan fingerprint density at radius 3 is 1.89 bits per heavy atom. The third kappa shape index (κ3) is 5.99. The van der Waals surface area contributed by atoms with Crippen molar-refractivity contribution in [2.24, 2.45) is 0 Å². The van der Waals surface area contributed by atoms with Crippen LogP contribution in [0.25, 0.3) is 0 Å². The maximum atomic E-state index is 4.18. The molecular formula is C5H12S3Tc+3. The van der Waals surface area contributed by atoms with E-state index in [1.807, 2.05) is 0 Å². The van der Waals surface area contributed by atoms with E-state index < -0.39 is 0 Å². The van der Waals surface area contributed by atoms with Gasteiger partial charge in [-0.05, 0) is 0 Å². The Morgan fingerprint density at radius 1 is 1.22 bits per heavy atom. The van der Waals surface area contributed by atoms with Gasteiger partial charge in [-0.2, -0.15) is 0 Å².